The number of imide groups is 1. The van der Waals surface area contributed by atoms with Crippen LogP contribution in [0.4, 0.5) is 4.79 Å². The number of nitriles is 1. The minimum atomic E-state index is -1.06. The van der Waals surface area contributed by atoms with Gasteiger partial charge in [0.1, 0.15) is 5.54 Å². The number of amides is 3. The van der Waals surface area contributed by atoms with Crippen molar-refractivity contribution in [2.45, 2.75) is 18.9 Å². The molecule has 5 nitrogen and oxygen atoms in total. The Labute approximate surface area is 119 Å². The molecule has 1 atom stereocenters. The van der Waals surface area contributed by atoms with Crippen LogP contribution in [0.25, 0.3) is 0 Å². The quantitative estimate of drug-likeness (QED) is 0.867. The number of benzene rings is 1. The first kappa shape index (κ1) is 13.6. The third-order valence-corrected chi connectivity index (χ3v) is 3.67. The standard InChI is InChI=1S/C13H12BrN3O2/c1-13(9-3-5-10(14)6-4-9)11(18)17(8-2-7-15)12(19)16-13/h3-6H,2,8H2,1H3,(H,16,19). The van der Waals surface area contributed by atoms with Crippen molar-refractivity contribution in [2.24, 2.45) is 0 Å². The average Bonchev–Trinajstić information content (AvgIpc) is 2.60. The van der Waals surface area contributed by atoms with Crippen LogP contribution in [0.5, 0.6) is 0 Å². The predicted molar refractivity (Wildman–Crippen MR) is 72.0 cm³/mol. The lowest BCUT2D eigenvalue weighted by Crippen LogP contribution is -2.40. The van der Waals surface area contributed by atoms with Gasteiger partial charge >= 0.3 is 6.03 Å². The maximum absolute atomic E-state index is 12.4. The summed E-state index contributed by atoms with van der Waals surface area (Å²) in [5, 5.41) is 11.2. The van der Waals surface area contributed by atoms with Crippen molar-refractivity contribution in [2.75, 3.05) is 6.54 Å². The van der Waals surface area contributed by atoms with E-state index in [1.165, 1.54) is 0 Å². The lowest BCUT2D eigenvalue weighted by Gasteiger charge is -2.22. The number of urea groups is 1. The maximum atomic E-state index is 12.4. The number of carbonyl (C=O) groups is 2. The highest BCUT2D eigenvalue weighted by molar-refractivity contribution is 9.10. The lowest BCUT2D eigenvalue weighted by atomic mass is 9.92. The van der Waals surface area contributed by atoms with Gasteiger partial charge in [-0.25, -0.2) is 4.79 Å². The highest BCUT2D eigenvalue weighted by Gasteiger charge is 2.48. The van der Waals surface area contributed by atoms with Crippen LogP contribution in [0.15, 0.2) is 28.7 Å². The molecule has 2 rings (SSSR count). The van der Waals surface area contributed by atoms with Crippen molar-refractivity contribution in [3.8, 4) is 6.07 Å². The third-order valence-electron chi connectivity index (χ3n) is 3.14. The first-order valence-electron chi connectivity index (χ1n) is 5.76. The molecule has 0 saturated carbocycles. The van der Waals surface area contributed by atoms with Gasteiger partial charge in [-0.05, 0) is 24.6 Å². The molecule has 1 heterocycles. The summed E-state index contributed by atoms with van der Waals surface area (Å²) in [7, 11) is 0. The average molecular weight is 322 g/mol. The Balaban J connectivity index is 2.30. The second-order valence-electron chi connectivity index (χ2n) is 4.43. The van der Waals surface area contributed by atoms with Crippen LogP contribution in [0.2, 0.25) is 0 Å². The number of hydrogen-bond acceptors (Lipinski definition) is 3. The Morgan fingerprint density at radius 2 is 2.00 bits per heavy atom. The molecule has 1 saturated heterocycles. The van der Waals surface area contributed by atoms with Gasteiger partial charge in [-0.3, -0.25) is 9.69 Å². The summed E-state index contributed by atoms with van der Waals surface area (Å²) in [5.74, 6) is -0.324. The van der Waals surface area contributed by atoms with Crippen molar-refractivity contribution < 1.29 is 9.59 Å². The fourth-order valence-corrected chi connectivity index (χ4v) is 2.31. The van der Waals surface area contributed by atoms with Crippen molar-refractivity contribution >= 4 is 27.9 Å². The molecule has 6 heteroatoms. The fourth-order valence-electron chi connectivity index (χ4n) is 2.04. The number of halogens is 1. The highest BCUT2D eigenvalue weighted by Crippen LogP contribution is 2.29. The molecule has 0 spiro atoms. The molecular formula is C13H12BrN3O2. The van der Waals surface area contributed by atoms with Crippen molar-refractivity contribution in [1.29, 1.82) is 5.26 Å². The van der Waals surface area contributed by atoms with E-state index in [0.717, 1.165) is 9.37 Å². The van der Waals surface area contributed by atoms with Gasteiger partial charge in [0, 0.05) is 11.0 Å². The van der Waals surface area contributed by atoms with Gasteiger partial charge in [-0.2, -0.15) is 5.26 Å². The van der Waals surface area contributed by atoms with E-state index < -0.39 is 11.6 Å². The van der Waals surface area contributed by atoms with E-state index in [1.54, 1.807) is 19.1 Å². The topological polar surface area (TPSA) is 73.2 Å². The SMILES string of the molecule is CC1(c2ccc(Br)cc2)NC(=O)N(CCC#N)C1=O. The summed E-state index contributed by atoms with van der Waals surface area (Å²) in [4.78, 5) is 25.3. The smallest absolute Gasteiger partial charge is 0.319 e. The van der Waals surface area contributed by atoms with E-state index in [2.05, 4.69) is 21.2 Å². The molecule has 0 aromatic heterocycles. The molecule has 3 amide bonds. The Kier molecular flexibility index (Phi) is 3.58. The van der Waals surface area contributed by atoms with Gasteiger partial charge in [-0.1, -0.05) is 28.1 Å². The molecule has 1 aliphatic heterocycles. The first-order chi connectivity index (χ1) is 8.99. The van der Waals surface area contributed by atoms with Crippen LogP contribution < -0.4 is 5.32 Å². The van der Waals surface area contributed by atoms with Crippen LogP contribution in [-0.4, -0.2) is 23.4 Å². The highest BCUT2D eigenvalue weighted by atomic mass is 79.9. The van der Waals surface area contributed by atoms with Gasteiger partial charge in [0.2, 0.25) is 0 Å². The summed E-state index contributed by atoms with van der Waals surface area (Å²) in [6.07, 6.45) is 0.135. The fraction of sp³-hybridized carbons (Fsp3) is 0.308. The lowest BCUT2D eigenvalue weighted by molar-refractivity contribution is -0.131. The van der Waals surface area contributed by atoms with Crippen molar-refractivity contribution in [3.63, 3.8) is 0 Å². The number of nitrogens with zero attached hydrogens (tertiary/aromatic N) is 2. The number of hydrogen-bond donors (Lipinski definition) is 1. The Hall–Kier alpha value is -1.87. The summed E-state index contributed by atoms with van der Waals surface area (Å²) < 4.78 is 0.901. The molecule has 1 aliphatic rings. The molecule has 1 aromatic rings. The molecule has 1 N–H and O–H groups in total. The van der Waals surface area contributed by atoms with Crippen molar-refractivity contribution in [3.05, 3.63) is 34.3 Å². The second-order valence-corrected chi connectivity index (χ2v) is 5.34. The molecule has 0 radical (unpaired) electrons. The predicted octanol–water partition coefficient (Wildman–Crippen LogP) is 2.13. The van der Waals surface area contributed by atoms with E-state index in [1.807, 2.05) is 18.2 Å². The van der Waals surface area contributed by atoms with Crippen molar-refractivity contribution in [1.82, 2.24) is 10.2 Å². The zero-order valence-electron chi connectivity index (χ0n) is 10.3. The zero-order valence-corrected chi connectivity index (χ0v) is 11.9. The van der Waals surface area contributed by atoms with Crippen LogP contribution >= 0.6 is 15.9 Å². The van der Waals surface area contributed by atoms with E-state index in [-0.39, 0.29) is 18.9 Å². The van der Waals surface area contributed by atoms with E-state index >= 15 is 0 Å². The molecule has 1 unspecified atom stereocenters. The van der Waals surface area contributed by atoms with E-state index in [9.17, 15) is 9.59 Å². The monoisotopic (exact) mass is 321 g/mol. The Morgan fingerprint density at radius 3 is 2.58 bits per heavy atom. The van der Waals surface area contributed by atoms with Gasteiger partial charge in [0.05, 0.1) is 12.5 Å². The number of rotatable bonds is 3. The van der Waals surface area contributed by atoms with Crippen LogP contribution in [0.3, 0.4) is 0 Å². The van der Waals surface area contributed by atoms with E-state index in [4.69, 9.17) is 5.26 Å². The second kappa shape index (κ2) is 5.02. The number of carbonyl (C=O) groups excluding carboxylic acids is 2. The maximum Gasteiger partial charge on any atom is 0.325 e. The summed E-state index contributed by atoms with van der Waals surface area (Å²) >= 11 is 3.33. The Morgan fingerprint density at radius 1 is 1.37 bits per heavy atom. The van der Waals surface area contributed by atoms with Gasteiger partial charge < -0.3 is 5.32 Å². The first-order valence-corrected chi connectivity index (χ1v) is 6.55. The summed E-state index contributed by atoms with van der Waals surface area (Å²) in [5.41, 5.74) is -0.346. The minimum absolute atomic E-state index is 0.118. The molecule has 1 fully saturated rings. The van der Waals surface area contributed by atoms with Crippen LogP contribution in [-0.2, 0) is 10.3 Å². The Bertz CT molecular complexity index is 564. The van der Waals surface area contributed by atoms with Gasteiger partial charge in [0.15, 0.2) is 0 Å². The molecule has 0 aliphatic carbocycles. The summed E-state index contributed by atoms with van der Waals surface area (Å²) in [6, 6.07) is 8.69. The molecule has 98 valence electrons. The molecule has 1 aromatic carbocycles. The van der Waals surface area contributed by atoms with E-state index in [0.29, 0.717) is 5.56 Å². The summed E-state index contributed by atoms with van der Waals surface area (Å²) in [6.45, 7) is 1.79. The third kappa shape index (κ3) is 2.34. The molecule has 0 bridgehead atoms. The van der Waals surface area contributed by atoms with Crippen LogP contribution in [0, 0.1) is 11.3 Å². The van der Waals surface area contributed by atoms with Gasteiger partial charge in [0.25, 0.3) is 5.91 Å². The van der Waals surface area contributed by atoms with Crippen LogP contribution in [0.1, 0.15) is 18.9 Å². The van der Waals surface area contributed by atoms with Gasteiger partial charge in [-0.15, -0.1) is 0 Å². The normalized spacial score (nSPS) is 22.3. The number of nitrogens with one attached hydrogen (secondary N) is 1. The molecular weight excluding hydrogens is 310 g/mol. The molecule has 19 heavy (non-hydrogen) atoms. The largest absolute Gasteiger partial charge is 0.325 e. The minimum Gasteiger partial charge on any atom is -0.319 e. The zero-order chi connectivity index (χ0) is 14.0.